The van der Waals surface area contributed by atoms with Crippen LogP contribution >= 0.6 is 35.4 Å². The third kappa shape index (κ3) is 5.80. The minimum Gasteiger partial charge on any atom is -0.468 e. The Balaban J connectivity index is 1.59. The van der Waals surface area contributed by atoms with E-state index in [1.165, 1.54) is 48.7 Å². The van der Waals surface area contributed by atoms with E-state index in [1.807, 2.05) is 0 Å². The zero-order valence-electron chi connectivity index (χ0n) is 15.2. The van der Waals surface area contributed by atoms with E-state index in [0.29, 0.717) is 16.5 Å². The van der Waals surface area contributed by atoms with Crippen LogP contribution in [0, 0.1) is 0 Å². The van der Waals surface area contributed by atoms with Crippen LogP contribution in [0.1, 0.15) is 16.1 Å². The molecular formula is C19H15Cl2N3O4S2. The monoisotopic (exact) mass is 483 g/mol. The van der Waals surface area contributed by atoms with Crippen LogP contribution in [-0.4, -0.2) is 19.4 Å². The first-order chi connectivity index (χ1) is 14.2. The molecule has 156 valence electrons. The number of hydrogen-bond acceptors (Lipinski definition) is 5. The smallest absolute Gasteiger partial charge is 0.258 e. The molecule has 0 aliphatic rings. The number of halogens is 2. The summed E-state index contributed by atoms with van der Waals surface area (Å²) in [7, 11) is -3.71. The highest BCUT2D eigenvalue weighted by atomic mass is 35.5. The van der Waals surface area contributed by atoms with E-state index in [9.17, 15) is 13.2 Å². The lowest BCUT2D eigenvalue weighted by molar-refractivity contribution is 0.0978. The Morgan fingerprint density at radius 3 is 2.43 bits per heavy atom. The Kier molecular flexibility index (Phi) is 7.11. The Hall–Kier alpha value is -2.43. The van der Waals surface area contributed by atoms with Gasteiger partial charge in [0.2, 0.25) is 10.0 Å². The maximum Gasteiger partial charge on any atom is 0.258 e. The summed E-state index contributed by atoms with van der Waals surface area (Å²) in [6.07, 6.45) is 1.46. The molecule has 0 radical (unpaired) electrons. The molecule has 11 heteroatoms. The SMILES string of the molecule is O=C(NC(=S)Nc1ccc(S(=O)(=O)NCc2ccco2)cc1)c1ccc(Cl)cc1Cl. The van der Waals surface area contributed by atoms with Crippen LogP contribution in [0.4, 0.5) is 5.69 Å². The summed E-state index contributed by atoms with van der Waals surface area (Å²) in [5.74, 6) is -0.00534. The van der Waals surface area contributed by atoms with Gasteiger partial charge in [-0.2, -0.15) is 0 Å². The number of benzene rings is 2. The van der Waals surface area contributed by atoms with E-state index in [-0.39, 0.29) is 27.1 Å². The van der Waals surface area contributed by atoms with Gasteiger partial charge in [0, 0.05) is 10.7 Å². The van der Waals surface area contributed by atoms with E-state index in [4.69, 9.17) is 39.8 Å². The summed E-state index contributed by atoms with van der Waals surface area (Å²) < 4.78 is 32.2. The van der Waals surface area contributed by atoms with Gasteiger partial charge < -0.3 is 9.73 Å². The molecule has 0 fully saturated rings. The molecule has 0 aliphatic carbocycles. The summed E-state index contributed by atoms with van der Waals surface area (Å²) in [5.41, 5.74) is 0.710. The summed E-state index contributed by atoms with van der Waals surface area (Å²) in [6, 6.07) is 13.7. The van der Waals surface area contributed by atoms with Crippen LogP contribution in [0.3, 0.4) is 0 Å². The van der Waals surface area contributed by atoms with Crippen LogP contribution in [0.2, 0.25) is 10.0 Å². The predicted molar refractivity (Wildman–Crippen MR) is 119 cm³/mol. The van der Waals surface area contributed by atoms with Crippen molar-refractivity contribution in [3.8, 4) is 0 Å². The fraction of sp³-hybridized carbons (Fsp3) is 0.0526. The zero-order valence-corrected chi connectivity index (χ0v) is 18.3. The molecule has 2 aromatic carbocycles. The largest absolute Gasteiger partial charge is 0.468 e. The first kappa shape index (κ1) is 22.3. The zero-order chi connectivity index (χ0) is 21.7. The molecule has 1 aromatic heterocycles. The molecule has 0 spiro atoms. The van der Waals surface area contributed by atoms with Gasteiger partial charge in [0.15, 0.2) is 5.11 Å². The van der Waals surface area contributed by atoms with Gasteiger partial charge in [-0.1, -0.05) is 23.2 Å². The molecule has 0 unspecified atom stereocenters. The summed E-state index contributed by atoms with van der Waals surface area (Å²) in [6.45, 7) is 0.0404. The molecule has 0 saturated carbocycles. The molecule has 1 heterocycles. The Bertz CT molecular complexity index is 1170. The van der Waals surface area contributed by atoms with Crippen molar-refractivity contribution >= 4 is 62.2 Å². The molecule has 3 aromatic rings. The van der Waals surface area contributed by atoms with Gasteiger partial charge >= 0.3 is 0 Å². The third-order valence-electron chi connectivity index (χ3n) is 3.84. The lowest BCUT2D eigenvalue weighted by Crippen LogP contribution is -2.34. The Morgan fingerprint density at radius 1 is 1.07 bits per heavy atom. The van der Waals surface area contributed by atoms with Gasteiger partial charge in [-0.05, 0) is 66.8 Å². The summed E-state index contributed by atoms with van der Waals surface area (Å²) in [5, 5.41) is 5.93. The fourth-order valence-electron chi connectivity index (χ4n) is 2.39. The minimum absolute atomic E-state index is 0.0255. The molecule has 0 saturated heterocycles. The Labute approximate surface area is 188 Å². The lowest BCUT2D eigenvalue weighted by atomic mass is 10.2. The van der Waals surface area contributed by atoms with Gasteiger partial charge in [0.1, 0.15) is 5.76 Å². The lowest BCUT2D eigenvalue weighted by Gasteiger charge is -2.11. The molecule has 1 amide bonds. The normalized spacial score (nSPS) is 11.1. The van der Waals surface area contributed by atoms with Crippen molar-refractivity contribution in [1.82, 2.24) is 10.0 Å². The number of sulfonamides is 1. The highest BCUT2D eigenvalue weighted by molar-refractivity contribution is 7.89. The topological polar surface area (TPSA) is 100 Å². The molecule has 3 rings (SSSR count). The van der Waals surface area contributed by atoms with E-state index in [0.717, 1.165) is 0 Å². The van der Waals surface area contributed by atoms with Crippen LogP contribution in [0.5, 0.6) is 0 Å². The highest BCUT2D eigenvalue weighted by Crippen LogP contribution is 2.21. The maximum atomic E-state index is 12.3. The van der Waals surface area contributed by atoms with Crippen molar-refractivity contribution < 1.29 is 17.6 Å². The maximum absolute atomic E-state index is 12.3. The van der Waals surface area contributed by atoms with Crippen LogP contribution in [0.25, 0.3) is 0 Å². The first-order valence-electron chi connectivity index (χ1n) is 8.44. The molecule has 0 bridgehead atoms. The molecule has 7 nitrogen and oxygen atoms in total. The van der Waals surface area contributed by atoms with Gasteiger partial charge in [0.25, 0.3) is 5.91 Å². The number of furan rings is 1. The summed E-state index contributed by atoms with van der Waals surface area (Å²) >= 11 is 16.9. The molecule has 0 atom stereocenters. The number of amides is 1. The number of anilines is 1. The van der Waals surface area contributed by atoms with E-state index in [1.54, 1.807) is 12.1 Å². The van der Waals surface area contributed by atoms with E-state index >= 15 is 0 Å². The van der Waals surface area contributed by atoms with Gasteiger partial charge in [-0.15, -0.1) is 0 Å². The van der Waals surface area contributed by atoms with Crippen molar-refractivity contribution in [3.63, 3.8) is 0 Å². The Morgan fingerprint density at radius 2 is 1.80 bits per heavy atom. The van der Waals surface area contributed by atoms with Crippen molar-refractivity contribution in [2.75, 3.05) is 5.32 Å². The van der Waals surface area contributed by atoms with Crippen molar-refractivity contribution in [3.05, 3.63) is 82.2 Å². The molecule has 3 N–H and O–H groups in total. The second kappa shape index (κ2) is 9.59. The van der Waals surface area contributed by atoms with E-state index in [2.05, 4.69) is 15.4 Å². The number of rotatable bonds is 6. The van der Waals surface area contributed by atoms with E-state index < -0.39 is 15.9 Å². The highest BCUT2D eigenvalue weighted by Gasteiger charge is 2.15. The van der Waals surface area contributed by atoms with Crippen LogP contribution in [0.15, 0.2) is 70.2 Å². The van der Waals surface area contributed by atoms with Crippen LogP contribution in [-0.2, 0) is 16.6 Å². The number of hydrogen-bond donors (Lipinski definition) is 3. The van der Waals surface area contributed by atoms with Gasteiger partial charge in [0.05, 0.1) is 28.3 Å². The second-order valence-electron chi connectivity index (χ2n) is 5.96. The van der Waals surface area contributed by atoms with Crippen molar-refractivity contribution in [2.45, 2.75) is 11.4 Å². The van der Waals surface area contributed by atoms with Crippen molar-refractivity contribution in [1.29, 1.82) is 0 Å². The minimum atomic E-state index is -3.71. The van der Waals surface area contributed by atoms with Gasteiger partial charge in [-0.25, -0.2) is 13.1 Å². The number of thiocarbonyl (C=S) groups is 1. The summed E-state index contributed by atoms with van der Waals surface area (Å²) in [4.78, 5) is 12.3. The second-order valence-corrected chi connectivity index (χ2v) is 8.98. The number of carbonyl (C=O) groups is 1. The molecule has 0 aliphatic heterocycles. The first-order valence-corrected chi connectivity index (χ1v) is 11.1. The third-order valence-corrected chi connectivity index (χ3v) is 6.01. The molecular weight excluding hydrogens is 469 g/mol. The standard InChI is InChI=1S/C19H15Cl2N3O4S2/c20-12-3-8-16(17(21)10-12)18(25)24-19(29)23-13-4-6-15(7-5-13)30(26,27)22-11-14-2-1-9-28-14/h1-10,22H,11H2,(H2,23,24,25,29). The fourth-order valence-corrected chi connectivity index (χ4v) is 4.08. The quantitative estimate of drug-likeness (QED) is 0.454. The average molecular weight is 484 g/mol. The van der Waals surface area contributed by atoms with Crippen LogP contribution < -0.4 is 15.4 Å². The van der Waals surface area contributed by atoms with Crippen molar-refractivity contribution in [2.24, 2.45) is 0 Å². The number of carbonyl (C=O) groups excluding carboxylic acids is 1. The van der Waals surface area contributed by atoms with Gasteiger partial charge in [-0.3, -0.25) is 10.1 Å². The number of nitrogens with one attached hydrogen (secondary N) is 3. The average Bonchev–Trinajstić information content (AvgIpc) is 3.20. The molecule has 30 heavy (non-hydrogen) atoms. The predicted octanol–water partition coefficient (Wildman–Crippen LogP) is 4.19.